The molecule has 0 aliphatic heterocycles. The standard InChI is InChI=1S/C22H13ClF2N2O/c23-19-11-16(14-5-7-26-8-6-14)10-17-13-27(22(28)21(17)19)9-1-2-15-3-4-18(24)12-20(15)25/h3-8,10-13,28H,9H2. The molecule has 0 spiro atoms. The molecule has 0 amide bonds. The van der Waals surface area contributed by atoms with E-state index in [-0.39, 0.29) is 18.0 Å². The summed E-state index contributed by atoms with van der Waals surface area (Å²) in [5.74, 6) is 4.04. The van der Waals surface area contributed by atoms with Crippen molar-refractivity contribution in [2.24, 2.45) is 0 Å². The summed E-state index contributed by atoms with van der Waals surface area (Å²) in [5.41, 5.74) is 1.95. The first-order valence-corrected chi connectivity index (χ1v) is 8.76. The maximum absolute atomic E-state index is 13.7. The molecule has 2 aromatic carbocycles. The molecule has 4 rings (SSSR count). The van der Waals surface area contributed by atoms with Crippen molar-refractivity contribution in [1.29, 1.82) is 0 Å². The Kier molecular flexibility index (Phi) is 4.72. The van der Waals surface area contributed by atoms with Gasteiger partial charge in [0.15, 0.2) is 0 Å². The Morgan fingerprint density at radius 1 is 1.04 bits per heavy atom. The highest BCUT2D eigenvalue weighted by atomic mass is 35.5. The van der Waals surface area contributed by atoms with Gasteiger partial charge in [0.1, 0.15) is 11.6 Å². The minimum Gasteiger partial charge on any atom is -0.494 e. The number of pyridine rings is 1. The van der Waals surface area contributed by atoms with Crippen LogP contribution in [-0.4, -0.2) is 14.7 Å². The Balaban J connectivity index is 1.68. The van der Waals surface area contributed by atoms with E-state index >= 15 is 0 Å². The lowest BCUT2D eigenvalue weighted by Crippen LogP contribution is -1.92. The van der Waals surface area contributed by atoms with Crippen molar-refractivity contribution >= 4 is 22.4 Å². The molecule has 0 radical (unpaired) electrons. The van der Waals surface area contributed by atoms with Gasteiger partial charge in [0.25, 0.3) is 0 Å². The fourth-order valence-corrected chi connectivity index (χ4v) is 3.29. The lowest BCUT2D eigenvalue weighted by atomic mass is 10.0. The molecule has 4 aromatic rings. The Bertz CT molecular complexity index is 1240. The number of nitrogens with zero attached hydrogens (tertiary/aromatic N) is 2. The van der Waals surface area contributed by atoms with Crippen LogP contribution in [0.2, 0.25) is 5.02 Å². The van der Waals surface area contributed by atoms with Gasteiger partial charge in [0, 0.05) is 30.0 Å². The highest BCUT2D eigenvalue weighted by Gasteiger charge is 2.13. The smallest absolute Gasteiger partial charge is 0.201 e. The molecule has 0 aliphatic rings. The Hall–Kier alpha value is -3.36. The quantitative estimate of drug-likeness (QED) is 0.463. The molecule has 2 aromatic heterocycles. The van der Waals surface area contributed by atoms with Gasteiger partial charge < -0.3 is 9.67 Å². The predicted octanol–water partition coefficient (Wildman–Crippen LogP) is 5.39. The fourth-order valence-electron chi connectivity index (χ4n) is 2.98. The van der Waals surface area contributed by atoms with E-state index in [0.717, 1.165) is 28.6 Å². The zero-order chi connectivity index (χ0) is 19.7. The molecule has 0 aliphatic carbocycles. The average Bonchev–Trinajstić information content (AvgIpc) is 3.00. The third-order valence-electron chi connectivity index (χ3n) is 4.33. The number of fused-ring (bicyclic) bond motifs is 1. The zero-order valence-corrected chi connectivity index (χ0v) is 15.2. The third kappa shape index (κ3) is 3.42. The van der Waals surface area contributed by atoms with Crippen LogP contribution in [-0.2, 0) is 6.54 Å². The summed E-state index contributed by atoms with van der Waals surface area (Å²) in [6.07, 6.45) is 5.12. The number of aromatic nitrogens is 2. The van der Waals surface area contributed by atoms with Gasteiger partial charge in [0.05, 0.1) is 22.5 Å². The van der Waals surface area contributed by atoms with Crippen LogP contribution in [0.3, 0.4) is 0 Å². The summed E-state index contributed by atoms with van der Waals surface area (Å²) >= 11 is 6.39. The number of rotatable bonds is 2. The maximum Gasteiger partial charge on any atom is 0.201 e. The van der Waals surface area contributed by atoms with Crippen molar-refractivity contribution in [2.45, 2.75) is 6.54 Å². The number of hydrogen-bond donors (Lipinski definition) is 1. The Labute approximate surface area is 164 Å². The second-order valence-electron chi connectivity index (χ2n) is 6.16. The maximum atomic E-state index is 13.7. The topological polar surface area (TPSA) is 38.1 Å². The van der Waals surface area contributed by atoms with Gasteiger partial charge in [-0.15, -0.1) is 0 Å². The molecule has 3 nitrogen and oxygen atoms in total. The number of aromatic hydroxyl groups is 1. The summed E-state index contributed by atoms with van der Waals surface area (Å²) in [6.45, 7) is 0.123. The van der Waals surface area contributed by atoms with Crippen LogP contribution in [0.5, 0.6) is 5.88 Å². The zero-order valence-electron chi connectivity index (χ0n) is 14.5. The Morgan fingerprint density at radius 3 is 2.57 bits per heavy atom. The molecule has 0 saturated carbocycles. The molecule has 0 unspecified atom stereocenters. The van der Waals surface area contributed by atoms with E-state index < -0.39 is 11.6 Å². The molecule has 0 bridgehead atoms. The second kappa shape index (κ2) is 7.34. The third-order valence-corrected chi connectivity index (χ3v) is 4.63. The van der Waals surface area contributed by atoms with E-state index in [9.17, 15) is 13.9 Å². The van der Waals surface area contributed by atoms with Gasteiger partial charge in [0.2, 0.25) is 5.88 Å². The molecule has 138 valence electrons. The van der Waals surface area contributed by atoms with Crippen LogP contribution in [0.4, 0.5) is 8.78 Å². The van der Waals surface area contributed by atoms with E-state index in [0.29, 0.717) is 10.4 Å². The number of benzene rings is 2. The summed E-state index contributed by atoms with van der Waals surface area (Å²) in [5, 5.41) is 12.2. The van der Waals surface area contributed by atoms with Crippen molar-refractivity contribution in [2.75, 3.05) is 0 Å². The molecule has 0 saturated heterocycles. The monoisotopic (exact) mass is 394 g/mol. The molecular weight excluding hydrogens is 382 g/mol. The van der Waals surface area contributed by atoms with Gasteiger partial charge in [-0.1, -0.05) is 23.4 Å². The molecule has 28 heavy (non-hydrogen) atoms. The van der Waals surface area contributed by atoms with Gasteiger partial charge in [-0.25, -0.2) is 8.78 Å². The van der Waals surface area contributed by atoms with Gasteiger partial charge in [-0.05, 0) is 47.5 Å². The minimum absolute atomic E-state index is 0.0184. The lowest BCUT2D eigenvalue weighted by molar-refractivity contribution is 0.433. The molecular formula is C22H13ClF2N2O. The van der Waals surface area contributed by atoms with Gasteiger partial charge >= 0.3 is 0 Å². The van der Waals surface area contributed by atoms with Crippen LogP contribution in [0.25, 0.3) is 21.9 Å². The summed E-state index contributed by atoms with van der Waals surface area (Å²) < 4.78 is 28.1. The largest absolute Gasteiger partial charge is 0.494 e. The van der Waals surface area contributed by atoms with Crippen molar-refractivity contribution in [3.63, 3.8) is 0 Å². The molecule has 2 heterocycles. The van der Waals surface area contributed by atoms with E-state index in [1.54, 1.807) is 24.7 Å². The van der Waals surface area contributed by atoms with E-state index in [1.807, 2.05) is 18.2 Å². The van der Waals surface area contributed by atoms with Crippen LogP contribution in [0.1, 0.15) is 5.56 Å². The van der Waals surface area contributed by atoms with Gasteiger partial charge in [-0.2, -0.15) is 0 Å². The molecule has 0 atom stereocenters. The van der Waals surface area contributed by atoms with Crippen molar-refractivity contribution in [3.8, 4) is 28.8 Å². The molecule has 1 N–H and O–H groups in total. The normalized spacial score (nSPS) is 10.7. The SMILES string of the molecule is Oc1c2c(Cl)cc(-c3ccncc3)cc2cn1CC#Cc1ccc(F)cc1F. The first-order chi connectivity index (χ1) is 13.5. The van der Waals surface area contributed by atoms with Crippen molar-refractivity contribution in [1.82, 2.24) is 9.55 Å². The number of halogens is 3. The van der Waals surface area contributed by atoms with Crippen molar-refractivity contribution in [3.05, 3.63) is 83.3 Å². The van der Waals surface area contributed by atoms with E-state index in [1.165, 1.54) is 10.6 Å². The molecule has 6 heteroatoms. The highest BCUT2D eigenvalue weighted by molar-refractivity contribution is 6.36. The minimum atomic E-state index is -0.723. The van der Waals surface area contributed by atoms with Crippen LogP contribution >= 0.6 is 11.6 Å². The average molecular weight is 395 g/mol. The summed E-state index contributed by atoms with van der Waals surface area (Å²) in [7, 11) is 0. The van der Waals surface area contributed by atoms with Crippen molar-refractivity contribution < 1.29 is 13.9 Å². The first-order valence-electron chi connectivity index (χ1n) is 8.38. The number of hydrogen-bond acceptors (Lipinski definition) is 2. The second-order valence-corrected chi connectivity index (χ2v) is 6.57. The van der Waals surface area contributed by atoms with Crippen LogP contribution in [0, 0.1) is 23.5 Å². The summed E-state index contributed by atoms with van der Waals surface area (Å²) in [6, 6.07) is 10.7. The highest BCUT2D eigenvalue weighted by Crippen LogP contribution is 2.37. The lowest BCUT2D eigenvalue weighted by Gasteiger charge is -2.03. The van der Waals surface area contributed by atoms with Crippen LogP contribution < -0.4 is 0 Å². The first kappa shape index (κ1) is 18.0. The Morgan fingerprint density at radius 2 is 1.82 bits per heavy atom. The predicted molar refractivity (Wildman–Crippen MR) is 105 cm³/mol. The van der Waals surface area contributed by atoms with Crippen LogP contribution in [0.15, 0.2) is 61.1 Å². The van der Waals surface area contributed by atoms with E-state index in [2.05, 4.69) is 16.8 Å². The molecule has 0 fully saturated rings. The summed E-state index contributed by atoms with van der Waals surface area (Å²) in [4.78, 5) is 4.00. The van der Waals surface area contributed by atoms with Gasteiger partial charge in [-0.3, -0.25) is 4.98 Å². The van der Waals surface area contributed by atoms with E-state index in [4.69, 9.17) is 11.6 Å². The fraction of sp³-hybridized carbons (Fsp3) is 0.0455.